The fraction of sp³-hybridized carbons (Fsp3) is 0.273. The molecule has 0 saturated carbocycles. The van der Waals surface area contributed by atoms with Crippen LogP contribution in [0, 0.1) is 6.92 Å². The van der Waals surface area contributed by atoms with Crippen molar-refractivity contribution in [1.82, 2.24) is 24.9 Å². The number of hydrogen-bond acceptors (Lipinski definition) is 7. The Hall–Kier alpha value is -3.68. The Kier molecular flexibility index (Phi) is 4.27. The van der Waals surface area contributed by atoms with E-state index in [-0.39, 0.29) is 6.10 Å². The summed E-state index contributed by atoms with van der Waals surface area (Å²) in [6.07, 6.45) is 3.91. The van der Waals surface area contributed by atoms with E-state index in [2.05, 4.69) is 39.4 Å². The molecule has 8 nitrogen and oxygen atoms in total. The number of rotatable bonds is 1. The number of nitrogens with two attached hydrogens (primary N) is 1. The van der Waals surface area contributed by atoms with E-state index >= 15 is 0 Å². The van der Waals surface area contributed by atoms with Crippen LogP contribution in [-0.2, 0) is 13.0 Å². The Labute approximate surface area is 173 Å². The third-order valence-corrected chi connectivity index (χ3v) is 5.46. The summed E-state index contributed by atoms with van der Waals surface area (Å²) < 4.78 is 14.0. The molecule has 1 aliphatic rings. The molecule has 0 spiro atoms. The van der Waals surface area contributed by atoms with E-state index in [1.165, 1.54) is 0 Å². The summed E-state index contributed by atoms with van der Waals surface area (Å²) in [4.78, 5) is 4.38. The van der Waals surface area contributed by atoms with Gasteiger partial charge in [0.1, 0.15) is 12.4 Å². The van der Waals surface area contributed by atoms with Gasteiger partial charge in [-0.2, -0.15) is 0 Å². The molecule has 4 aromatic rings. The van der Waals surface area contributed by atoms with Crippen molar-refractivity contribution in [3.8, 4) is 28.3 Å². The summed E-state index contributed by atoms with van der Waals surface area (Å²) in [7, 11) is 0. The Bertz CT molecular complexity index is 1240. The van der Waals surface area contributed by atoms with Gasteiger partial charge in [0.2, 0.25) is 0 Å². The average molecular weight is 402 g/mol. The SMILES string of the molecule is CCc1noc2c1-c1cnc(N)c(c1)OC(C)c1cc(C)ccc1-c1nncn1C2. The van der Waals surface area contributed by atoms with E-state index < -0.39 is 0 Å². The van der Waals surface area contributed by atoms with Crippen molar-refractivity contribution in [3.63, 3.8) is 0 Å². The largest absolute Gasteiger partial charge is 0.482 e. The molecular weight excluding hydrogens is 380 g/mol. The minimum Gasteiger partial charge on any atom is -0.482 e. The van der Waals surface area contributed by atoms with Crippen LogP contribution in [0.5, 0.6) is 5.75 Å². The molecule has 2 bridgehead atoms. The fourth-order valence-electron chi connectivity index (χ4n) is 3.94. The number of nitrogen functional groups attached to an aromatic ring is 1. The highest BCUT2D eigenvalue weighted by Gasteiger charge is 2.24. The van der Waals surface area contributed by atoms with E-state index in [1.54, 1.807) is 12.5 Å². The molecule has 5 rings (SSSR count). The molecule has 0 aliphatic carbocycles. The van der Waals surface area contributed by atoms with Gasteiger partial charge >= 0.3 is 0 Å². The van der Waals surface area contributed by atoms with Crippen LogP contribution in [0.1, 0.15) is 42.5 Å². The number of aryl methyl sites for hydroxylation is 2. The van der Waals surface area contributed by atoms with Gasteiger partial charge in [-0.25, -0.2) is 4.98 Å². The van der Waals surface area contributed by atoms with E-state index in [4.69, 9.17) is 15.0 Å². The first-order chi connectivity index (χ1) is 14.5. The predicted molar refractivity (Wildman–Crippen MR) is 112 cm³/mol. The lowest BCUT2D eigenvalue weighted by atomic mass is 9.99. The second-order valence-electron chi connectivity index (χ2n) is 7.52. The van der Waals surface area contributed by atoms with E-state index in [0.29, 0.717) is 23.9 Å². The lowest BCUT2D eigenvalue weighted by molar-refractivity contribution is 0.228. The van der Waals surface area contributed by atoms with Crippen molar-refractivity contribution >= 4 is 5.82 Å². The Balaban J connectivity index is 1.79. The van der Waals surface area contributed by atoms with Gasteiger partial charge < -0.3 is 19.6 Å². The van der Waals surface area contributed by atoms with Gasteiger partial charge in [0.15, 0.2) is 23.2 Å². The molecule has 4 heterocycles. The van der Waals surface area contributed by atoms with Gasteiger partial charge in [0.05, 0.1) is 17.8 Å². The summed E-state index contributed by atoms with van der Waals surface area (Å²) in [6.45, 7) is 6.55. The monoisotopic (exact) mass is 402 g/mol. The molecular formula is C22H22N6O2. The number of aromatic nitrogens is 5. The molecule has 1 unspecified atom stereocenters. The van der Waals surface area contributed by atoms with Crippen LogP contribution in [0.15, 0.2) is 41.3 Å². The van der Waals surface area contributed by atoms with Crippen molar-refractivity contribution in [3.05, 3.63) is 59.4 Å². The van der Waals surface area contributed by atoms with E-state index in [0.717, 1.165) is 45.8 Å². The quantitative estimate of drug-likeness (QED) is 0.514. The molecule has 1 aliphatic heterocycles. The number of ether oxygens (including phenoxy) is 1. The highest BCUT2D eigenvalue weighted by atomic mass is 16.5. The molecule has 3 aromatic heterocycles. The molecule has 0 saturated heterocycles. The number of pyridine rings is 1. The predicted octanol–water partition coefficient (Wildman–Crippen LogP) is 3.95. The lowest BCUT2D eigenvalue weighted by Crippen LogP contribution is -2.11. The van der Waals surface area contributed by atoms with Crippen molar-refractivity contribution in [1.29, 1.82) is 0 Å². The van der Waals surface area contributed by atoms with Crippen LogP contribution in [0.4, 0.5) is 5.82 Å². The highest BCUT2D eigenvalue weighted by molar-refractivity contribution is 5.71. The van der Waals surface area contributed by atoms with Gasteiger partial charge in [-0.3, -0.25) is 0 Å². The van der Waals surface area contributed by atoms with Crippen LogP contribution >= 0.6 is 0 Å². The first kappa shape index (κ1) is 18.4. The zero-order valence-corrected chi connectivity index (χ0v) is 17.1. The van der Waals surface area contributed by atoms with Crippen LogP contribution < -0.4 is 10.5 Å². The molecule has 152 valence electrons. The lowest BCUT2D eigenvalue weighted by Gasteiger charge is -2.21. The maximum absolute atomic E-state index is 6.30. The summed E-state index contributed by atoms with van der Waals surface area (Å²) in [5.41, 5.74) is 11.9. The third-order valence-electron chi connectivity index (χ3n) is 5.46. The highest BCUT2D eigenvalue weighted by Crippen LogP contribution is 2.37. The normalized spacial score (nSPS) is 15.2. The molecule has 1 aromatic carbocycles. The maximum atomic E-state index is 6.30. The summed E-state index contributed by atoms with van der Waals surface area (Å²) >= 11 is 0. The smallest absolute Gasteiger partial charge is 0.166 e. The maximum Gasteiger partial charge on any atom is 0.166 e. The van der Waals surface area contributed by atoms with Crippen molar-refractivity contribution < 1.29 is 9.26 Å². The molecule has 30 heavy (non-hydrogen) atoms. The first-order valence-corrected chi connectivity index (χ1v) is 9.93. The van der Waals surface area contributed by atoms with E-state index in [9.17, 15) is 0 Å². The minimum absolute atomic E-state index is 0.267. The van der Waals surface area contributed by atoms with Crippen LogP contribution in [0.3, 0.4) is 0 Å². The summed E-state index contributed by atoms with van der Waals surface area (Å²) in [5, 5.41) is 12.8. The van der Waals surface area contributed by atoms with Gasteiger partial charge in [-0.15, -0.1) is 10.2 Å². The standard InChI is InChI=1S/C22H22N6O2/c1-4-17-20-14-8-18(21(23)24-9-14)29-13(3)16-7-12(2)5-6-15(16)22-26-25-11-28(22)10-19(20)30-27-17/h5-9,11,13H,4,10H2,1-3H3,(H2,23,24). The number of nitrogens with zero attached hydrogens (tertiary/aromatic N) is 5. The van der Waals surface area contributed by atoms with Crippen molar-refractivity contribution in [2.24, 2.45) is 0 Å². The second-order valence-corrected chi connectivity index (χ2v) is 7.52. The summed E-state index contributed by atoms with van der Waals surface area (Å²) in [6, 6.07) is 8.13. The Morgan fingerprint density at radius 2 is 2.13 bits per heavy atom. The number of fused-ring (bicyclic) bond motifs is 7. The van der Waals surface area contributed by atoms with Crippen LogP contribution in [-0.4, -0.2) is 24.9 Å². The number of anilines is 1. The van der Waals surface area contributed by atoms with Gasteiger partial charge in [0, 0.05) is 22.9 Å². The second kappa shape index (κ2) is 6.98. The molecule has 1 atom stereocenters. The molecule has 8 heteroatoms. The number of benzene rings is 1. The molecule has 0 radical (unpaired) electrons. The third kappa shape index (κ3) is 2.92. The first-order valence-electron chi connectivity index (χ1n) is 9.93. The Morgan fingerprint density at radius 3 is 2.97 bits per heavy atom. The molecule has 2 N–H and O–H groups in total. The topological polar surface area (TPSA) is 105 Å². The summed E-state index contributed by atoms with van der Waals surface area (Å²) in [5.74, 6) is 2.34. The van der Waals surface area contributed by atoms with E-state index in [1.807, 2.05) is 30.5 Å². The molecule has 0 amide bonds. The number of hydrogen-bond donors (Lipinski definition) is 1. The molecule has 0 fully saturated rings. The fourth-order valence-corrected chi connectivity index (χ4v) is 3.94. The van der Waals surface area contributed by atoms with Crippen molar-refractivity contribution in [2.45, 2.75) is 39.8 Å². The van der Waals surface area contributed by atoms with Gasteiger partial charge in [-0.05, 0) is 26.3 Å². The van der Waals surface area contributed by atoms with Crippen LogP contribution in [0.2, 0.25) is 0 Å². The van der Waals surface area contributed by atoms with Gasteiger partial charge in [0.25, 0.3) is 0 Å². The van der Waals surface area contributed by atoms with Crippen LogP contribution in [0.25, 0.3) is 22.5 Å². The average Bonchev–Trinajstić information content (AvgIpc) is 3.36. The van der Waals surface area contributed by atoms with Gasteiger partial charge in [-0.1, -0.05) is 35.8 Å². The zero-order valence-electron chi connectivity index (χ0n) is 17.1. The zero-order chi connectivity index (χ0) is 20.8. The Morgan fingerprint density at radius 1 is 1.27 bits per heavy atom. The minimum atomic E-state index is -0.267. The van der Waals surface area contributed by atoms with Crippen molar-refractivity contribution in [2.75, 3.05) is 5.73 Å².